The first kappa shape index (κ1) is 21.0. The second kappa shape index (κ2) is 8.58. The molecule has 2 saturated heterocycles. The molecule has 8 heteroatoms. The van der Waals surface area contributed by atoms with E-state index in [-0.39, 0.29) is 18.1 Å². The van der Waals surface area contributed by atoms with Crippen LogP contribution in [-0.4, -0.2) is 91.6 Å². The molecule has 0 aliphatic carbocycles. The van der Waals surface area contributed by atoms with Crippen molar-refractivity contribution in [1.82, 2.24) is 5.32 Å². The van der Waals surface area contributed by atoms with Crippen LogP contribution < -0.4 is 5.32 Å². The minimum absolute atomic E-state index is 0.111. The van der Waals surface area contributed by atoms with Gasteiger partial charge in [-0.1, -0.05) is 20.8 Å². The van der Waals surface area contributed by atoms with Crippen molar-refractivity contribution in [2.45, 2.75) is 76.1 Å². The first-order valence-electron chi connectivity index (χ1n) is 8.82. The Hall–Kier alpha value is -0.320. The first-order valence-corrected chi connectivity index (χ1v) is 8.82. The highest BCUT2D eigenvalue weighted by Crippen LogP contribution is 2.34. The number of nitrogens with one attached hydrogen (secondary N) is 1. The summed E-state index contributed by atoms with van der Waals surface area (Å²) in [7, 11) is 3.24. The predicted octanol–water partition coefficient (Wildman–Crippen LogP) is -0.751. The quantitative estimate of drug-likeness (QED) is 0.505. The smallest absolute Gasteiger partial charge is 0.160 e. The minimum atomic E-state index is -1.07. The van der Waals surface area contributed by atoms with Crippen LogP contribution in [0.5, 0.6) is 0 Å². The third-order valence-corrected chi connectivity index (χ3v) is 4.99. The third kappa shape index (κ3) is 4.90. The van der Waals surface area contributed by atoms with Crippen molar-refractivity contribution in [2.24, 2.45) is 5.41 Å². The zero-order valence-corrected chi connectivity index (χ0v) is 15.7. The molecule has 2 fully saturated rings. The first-order chi connectivity index (χ1) is 11.7. The molecule has 0 saturated carbocycles. The number of ether oxygens (including phenoxy) is 4. The monoisotopic (exact) mass is 363 g/mol. The highest BCUT2D eigenvalue weighted by atomic mass is 16.7. The fourth-order valence-electron chi connectivity index (χ4n) is 3.43. The predicted molar refractivity (Wildman–Crippen MR) is 90.1 cm³/mol. The van der Waals surface area contributed by atoms with Gasteiger partial charge < -0.3 is 39.6 Å². The molecule has 2 aliphatic rings. The van der Waals surface area contributed by atoms with Crippen LogP contribution in [-0.2, 0) is 18.9 Å². The number of hydrogen-bond donors (Lipinski definition) is 4. The summed E-state index contributed by atoms with van der Waals surface area (Å²) in [5, 5.41) is 33.8. The maximum absolute atomic E-state index is 10.4. The van der Waals surface area contributed by atoms with Gasteiger partial charge in [-0.15, -0.1) is 0 Å². The largest absolute Gasteiger partial charge is 0.391 e. The van der Waals surface area contributed by atoms with E-state index in [1.54, 1.807) is 7.05 Å². The minimum Gasteiger partial charge on any atom is -0.391 e. The number of hydrogen-bond acceptors (Lipinski definition) is 8. The Morgan fingerprint density at radius 1 is 1.16 bits per heavy atom. The van der Waals surface area contributed by atoms with Crippen molar-refractivity contribution in [1.29, 1.82) is 0 Å². The van der Waals surface area contributed by atoms with Gasteiger partial charge in [0.25, 0.3) is 0 Å². The molecule has 0 spiro atoms. The summed E-state index contributed by atoms with van der Waals surface area (Å²) in [6.45, 7) is 6.31. The van der Waals surface area contributed by atoms with Crippen molar-refractivity contribution in [3.05, 3.63) is 0 Å². The molecule has 2 heterocycles. The van der Waals surface area contributed by atoms with Crippen molar-refractivity contribution >= 4 is 0 Å². The Morgan fingerprint density at radius 3 is 2.36 bits per heavy atom. The Bertz CT molecular complexity index is 416. The molecule has 8 nitrogen and oxygen atoms in total. The highest BCUT2D eigenvalue weighted by Gasteiger charge is 2.49. The zero-order chi connectivity index (χ0) is 18.8. The number of aliphatic hydroxyl groups is 3. The molecule has 4 N–H and O–H groups in total. The Balaban J connectivity index is 1.96. The molecule has 0 amide bonds. The van der Waals surface area contributed by atoms with Crippen molar-refractivity contribution < 1.29 is 34.3 Å². The molecule has 148 valence electrons. The van der Waals surface area contributed by atoms with Crippen molar-refractivity contribution in [2.75, 3.05) is 27.4 Å². The summed E-state index contributed by atoms with van der Waals surface area (Å²) in [4.78, 5) is 0. The van der Waals surface area contributed by atoms with Crippen LogP contribution in [0.1, 0.15) is 27.2 Å². The number of likely N-dealkylation sites (N-methyl/N-ethyl adjacent to an activating group) is 1. The van der Waals surface area contributed by atoms with Crippen LogP contribution in [0.4, 0.5) is 0 Å². The summed E-state index contributed by atoms with van der Waals surface area (Å²) in [6, 6.07) is -0.111. The lowest BCUT2D eigenvalue weighted by atomic mass is 9.80. The molecule has 2 rings (SSSR count). The molecule has 0 aromatic heterocycles. The maximum Gasteiger partial charge on any atom is 0.160 e. The van der Waals surface area contributed by atoms with E-state index in [1.165, 1.54) is 7.11 Å². The summed E-state index contributed by atoms with van der Waals surface area (Å²) >= 11 is 0. The maximum atomic E-state index is 10.4. The molecule has 0 aromatic carbocycles. The second-order valence-electron chi connectivity index (χ2n) is 7.94. The van der Waals surface area contributed by atoms with Crippen molar-refractivity contribution in [3.63, 3.8) is 0 Å². The lowest BCUT2D eigenvalue weighted by Gasteiger charge is -2.47. The molecule has 2 aliphatic heterocycles. The molecule has 3 unspecified atom stereocenters. The van der Waals surface area contributed by atoms with Gasteiger partial charge in [-0.25, -0.2) is 0 Å². The molecule has 25 heavy (non-hydrogen) atoms. The normalized spacial score (nSPS) is 43.2. The Morgan fingerprint density at radius 2 is 1.84 bits per heavy atom. The van der Waals surface area contributed by atoms with Gasteiger partial charge in [0.05, 0.1) is 31.5 Å². The van der Waals surface area contributed by atoms with E-state index in [4.69, 9.17) is 18.9 Å². The fraction of sp³-hybridized carbons (Fsp3) is 1.00. The van der Waals surface area contributed by atoms with Gasteiger partial charge in [0.15, 0.2) is 6.29 Å². The second-order valence-corrected chi connectivity index (χ2v) is 7.94. The average Bonchev–Trinajstić information content (AvgIpc) is 2.54. The third-order valence-electron chi connectivity index (χ3n) is 4.99. The van der Waals surface area contributed by atoms with E-state index in [0.29, 0.717) is 13.0 Å². The summed E-state index contributed by atoms with van der Waals surface area (Å²) in [5.41, 5.74) is -0.352. The van der Waals surface area contributed by atoms with E-state index < -0.39 is 42.9 Å². The van der Waals surface area contributed by atoms with Gasteiger partial charge in [-0.05, 0) is 12.5 Å². The van der Waals surface area contributed by atoms with Crippen LogP contribution >= 0.6 is 0 Å². The van der Waals surface area contributed by atoms with Crippen LogP contribution in [0.25, 0.3) is 0 Å². The zero-order valence-electron chi connectivity index (χ0n) is 15.7. The molecule has 0 bridgehead atoms. The van der Waals surface area contributed by atoms with E-state index in [2.05, 4.69) is 5.32 Å². The molecule has 8 atom stereocenters. The van der Waals surface area contributed by atoms with E-state index in [1.807, 2.05) is 20.8 Å². The summed E-state index contributed by atoms with van der Waals surface area (Å²) in [6.07, 6.45) is -4.64. The van der Waals surface area contributed by atoms with Crippen LogP contribution in [0.15, 0.2) is 0 Å². The lowest BCUT2D eigenvalue weighted by molar-refractivity contribution is -0.275. The lowest BCUT2D eigenvalue weighted by Crippen LogP contribution is -2.62. The van der Waals surface area contributed by atoms with E-state index in [9.17, 15) is 15.3 Å². The SMILES string of the molecule is CN[C@@H]1CO[C@H](OCC2O[C@@H](C(C)(C)C)[C@@H](O)C(O)[C@@H]2OC)CC1O. The average molecular weight is 363 g/mol. The van der Waals surface area contributed by atoms with Crippen LogP contribution in [0.3, 0.4) is 0 Å². The highest BCUT2D eigenvalue weighted by molar-refractivity contribution is 4.97. The van der Waals surface area contributed by atoms with Gasteiger partial charge in [0.1, 0.15) is 24.4 Å². The van der Waals surface area contributed by atoms with Gasteiger partial charge in [0.2, 0.25) is 0 Å². The van der Waals surface area contributed by atoms with Gasteiger partial charge in [0, 0.05) is 13.5 Å². The number of rotatable bonds is 5. The van der Waals surface area contributed by atoms with Gasteiger partial charge in [-0.3, -0.25) is 0 Å². The topological polar surface area (TPSA) is 110 Å². The summed E-state index contributed by atoms with van der Waals surface area (Å²) in [5.74, 6) is 0. The van der Waals surface area contributed by atoms with Gasteiger partial charge >= 0.3 is 0 Å². The van der Waals surface area contributed by atoms with Gasteiger partial charge in [-0.2, -0.15) is 0 Å². The molecule has 0 radical (unpaired) electrons. The Kier molecular flexibility index (Phi) is 7.20. The fourth-order valence-corrected chi connectivity index (χ4v) is 3.43. The van der Waals surface area contributed by atoms with Crippen LogP contribution in [0, 0.1) is 5.41 Å². The molecule has 0 aromatic rings. The van der Waals surface area contributed by atoms with Crippen LogP contribution in [0.2, 0.25) is 0 Å². The Labute approximate surface area is 149 Å². The molecular weight excluding hydrogens is 330 g/mol. The van der Waals surface area contributed by atoms with E-state index >= 15 is 0 Å². The molecular formula is C17H33NO7. The standard InChI is InChI=1S/C17H33NO7/c1-17(2,3)16-14(21)13(20)15(22-5)11(25-16)8-24-12-6-10(19)9(18-4)7-23-12/h9-16,18-21H,6-8H2,1-5H3/t9-,10?,11?,12-,13?,14+,15-,16-/m1/s1. The van der Waals surface area contributed by atoms with Crippen molar-refractivity contribution in [3.8, 4) is 0 Å². The number of methoxy groups -OCH3 is 1. The number of aliphatic hydroxyl groups excluding tert-OH is 3. The van der Waals surface area contributed by atoms with E-state index in [0.717, 1.165) is 0 Å². The summed E-state index contributed by atoms with van der Waals surface area (Å²) < 4.78 is 22.7.